The maximum Gasteiger partial charge on any atom is 0.310 e. The number of hydrogen-bond acceptors (Lipinski definition) is 6. The Morgan fingerprint density at radius 2 is 2.04 bits per heavy atom. The quantitative estimate of drug-likeness (QED) is 0.428. The van der Waals surface area contributed by atoms with Crippen LogP contribution in [0.15, 0.2) is 48.7 Å². The van der Waals surface area contributed by atoms with E-state index in [1.165, 1.54) is 36.3 Å². The molecule has 26 heavy (non-hydrogen) atoms. The lowest BCUT2D eigenvalue weighted by molar-refractivity contribution is -0.384. The summed E-state index contributed by atoms with van der Waals surface area (Å²) in [6, 6.07) is 10.8. The number of methoxy groups -OCH3 is 1. The van der Waals surface area contributed by atoms with Crippen LogP contribution in [0.25, 0.3) is 0 Å². The molecule has 1 unspecified atom stereocenters. The van der Waals surface area contributed by atoms with Gasteiger partial charge in [0.2, 0.25) is 0 Å². The average Bonchev–Trinajstić information content (AvgIpc) is 2.67. The van der Waals surface area contributed by atoms with Crippen molar-refractivity contribution in [1.82, 2.24) is 9.88 Å². The average molecular weight is 357 g/mol. The fraction of sp³-hybridized carbons (Fsp3) is 0.278. The zero-order valence-electron chi connectivity index (χ0n) is 14.5. The molecule has 136 valence electrons. The molecule has 0 aliphatic rings. The number of benzene rings is 1. The minimum atomic E-state index is -0.559. The van der Waals surface area contributed by atoms with Gasteiger partial charge in [0, 0.05) is 30.4 Å². The van der Waals surface area contributed by atoms with Crippen LogP contribution < -0.4 is 0 Å². The van der Waals surface area contributed by atoms with Gasteiger partial charge in [-0.1, -0.05) is 19.1 Å². The molecule has 0 radical (unpaired) electrons. The molecule has 1 aromatic heterocycles. The molecular weight excluding hydrogens is 338 g/mol. The van der Waals surface area contributed by atoms with Gasteiger partial charge in [-0.3, -0.25) is 24.7 Å². The van der Waals surface area contributed by atoms with Gasteiger partial charge in [0.1, 0.15) is 0 Å². The first kappa shape index (κ1) is 19.0. The van der Waals surface area contributed by atoms with Crippen molar-refractivity contribution in [3.63, 3.8) is 0 Å². The van der Waals surface area contributed by atoms with Crippen LogP contribution >= 0.6 is 0 Å². The van der Waals surface area contributed by atoms with Gasteiger partial charge in [0.15, 0.2) is 0 Å². The Kier molecular flexibility index (Phi) is 6.37. The third-order valence-electron chi connectivity index (χ3n) is 3.77. The normalized spacial score (nSPS) is 11.5. The zero-order valence-corrected chi connectivity index (χ0v) is 14.5. The van der Waals surface area contributed by atoms with E-state index >= 15 is 0 Å². The molecule has 1 aromatic carbocycles. The highest BCUT2D eigenvalue weighted by molar-refractivity contribution is 5.95. The van der Waals surface area contributed by atoms with Crippen LogP contribution in [0.5, 0.6) is 0 Å². The number of esters is 1. The number of rotatable bonds is 7. The number of ether oxygens (including phenoxy) is 1. The molecule has 0 spiro atoms. The number of hydrogen-bond donors (Lipinski definition) is 0. The standard InChI is InChI=1S/C18H19N3O5/c1-13(18(23)26-2)11-20(12-15-7-3-4-9-19-15)17(22)14-6-5-8-16(10-14)21(24)25/h3-10,13H,11-12H2,1-2H3. The van der Waals surface area contributed by atoms with Crippen molar-refractivity contribution < 1.29 is 19.2 Å². The van der Waals surface area contributed by atoms with E-state index < -0.39 is 22.7 Å². The van der Waals surface area contributed by atoms with Gasteiger partial charge < -0.3 is 9.64 Å². The van der Waals surface area contributed by atoms with Crippen LogP contribution in [0.2, 0.25) is 0 Å². The Hall–Kier alpha value is -3.29. The molecule has 1 amide bonds. The van der Waals surface area contributed by atoms with Gasteiger partial charge in [0.25, 0.3) is 11.6 Å². The summed E-state index contributed by atoms with van der Waals surface area (Å²) < 4.78 is 4.72. The summed E-state index contributed by atoms with van der Waals surface area (Å²) in [5.41, 5.74) is 0.644. The number of carbonyl (C=O) groups is 2. The number of pyridine rings is 1. The van der Waals surface area contributed by atoms with Gasteiger partial charge >= 0.3 is 5.97 Å². The second-order valence-corrected chi connectivity index (χ2v) is 5.74. The number of nitro groups is 1. The van der Waals surface area contributed by atoms with Gasteiger partial charge in [-0.2, -0.15) is 0 Å². The van der Waals surface area contributed by atoms with Crippen LogP contribution in [0.4, 0.5) is 5.69 Å². The minimum absolute atomic E-state index is 0.102. The van der Waals surface area contributed by atoms with Crippen LogP contribution in [-0.4, -0.2) is 40.3 Å². The monoisotopic (exact) mass is 357 g/mol. The molecule has 0 fully saturated rings. The number of non-ortho nitro benzene ring substituents is 1. The molecule has 2 rings (SSSR count). The van der Waals surface area contributed by atoms with Crippen molar-refractivity contribution in [2.75, 3.05) is 13.7 Å². The van der Waals surface area contributed by atoms with E-state index in [-0.39, 0.29) is 24.3 Å². The zero-order chi connectivity index (χ0) is 19.1. The summed E-state index contributed by atoms with van der Waals surface area (Å²) in [4.78, 5) is 40.7. The molecule has 0 saturated carbocycles. The second-order valence-electron chi connectivity index (χ2n) is 5.74. The molecule has 0 saturated heterocycles. The summed E-state index contributed by atoms with van der Waals surface area (Å²) >= 11 is 0. The lowest BCUT2D eigenvalue weighted by Crippen LogP contribution is -2.37. The fourth-order valence-electron chi connectivity index (χ4n) is 2.45. The van der Waals surface area contributed by atoms with Gasteiger partial charge in [-0.05, 0) is 18.2 Å². The Morgan fingerprint density at radius 3 is 2.65 bits per heavy atom. The van der Waals surface area contributed by atoms with Crippen molar-refractivity contribution in [3.05, 3.63) is 70.0 Å². The minimum Gasteiger partial charge on any atom is -0.469 e. The smallest absolute Gasteiger partial charge is 0.310 e. The van der Waals surface area contributed by atoms with E-state index in [0.29, 0.717) is 5.69 Å². The maximum absolute atomic E-state index is 12.9. The highest BCUT2D eigenvalue weighted by atomic mass is 16.6. The van der Waals surface area contributed by atoms with E-state index in [1.807, 2.05) is 0 Å². The fourth-order valence-corrected chi connectivity index (χ4v) is 2.45. The van der Waals surface area contributed by atoms with Gasteiger partial charge in [-0.25, -0.2) is 0 Å². The molecule has 0 aliphatic heterocycles. The number of carbonyl (C=O) groups excluding carboxylic acids is 2. The first-order chi connectivity index (χ1) is 12.4. The SMILES string of the molecule is COC(=O)C(C)CN(Cc1ccccn1)C(=O)c1cccc([N+](=O)[O-])c1. The van der Waals surface area contributed by atoms with Crippen LogP contribution in [0.3, 0.4) is 0 Å². The Balaban J connectivity index is 2.29. The summed E-state index contributed by atoms with van der Waals surface area (Å²) in [6.07, 6.45) is 1.61. The summed E-state index contributed by atoms with van der Waals surface area (Å²) in [5.74, 6) is -1.41. The molecule has 0 N–H and O–H groups in total. The number of aromatic nitrogens is 1. The van der Waals surface area contributed by atoms with Crippen molar-refractivity contribution in [2.45, 2.75) is 13.5 Å². The Labute approximate surface area is 150 Å². The van der Waals surface area contributed by atoms with Crippen LogP contribution in [-0.2, 0) is 16.1 Å². The summed E-state index contributed by atoms with van der Waals surface area (Å²) in [6.45, 7) is 1.92. The van der Waals surface area contributed by atoms with Crippen LogP contribution in [0, 0.1) is 16.0 Å². The molecule has 8 heteroatoms. The Morgan fingerprint density at radius 1 is 1.27 bits per heavy atom. The van der Waals surface area contributed by atoms with Crippen molar-refractivity contribution in [1.29, 1.82) is 0 Å². The predicted octanol–water partition coefficient (Wildman–Crippen LogP) is 2.44. The molecule has 0 bridgehead atoms. The van der Waals surface area contributed by atoms with Crippen molar-refractivity contribution in [2.24, 2.45) is 5.92 Å². The third kappa shape index (κ3) is 4.85. The molecule has 1 heterocycles. The number of nitrogens with zero attached hydrogens (tertiary/aromatic N) is 3. The molecule has 0 aliphatic carbocycles. The molecule has 8 nitrogen and oxygen atoms in total. The largest absolute Gasteiger partial charge is 0.469 e. The third-order valence-corrected chi connectivity index (χ3v) is 3.77. The summed E-state index contributed by atoms with van der Waals surface area (Å²) in [7, 11) is 1.28. The lowest BCUT2D eigenvalue weighted by atomic mass is 10.1. The maximum atomic E-state index is 12.9. The molecular formula is C18H19N3O5. The van der Waals surface area contributed by atoms with Crippen molar-refractivity contribution in [3.8, 4) is 0 Å². The van der Waals surface area contributed by atoms with Crippen LogP contribution in [0.1, 0.15) is 23.0 Å². The van der Waals surface area contributed by atoms with Gasteiger partial charge in [-0.15, -0.1) is 0 Å². The Bertz CT molecular complexity index is 794. The van der Waals surface area contributed by atoms with E-state index in [0.717, 1.165) is 0 Å². The van der Waals surface area contributed by atoms with Gasteiger partial charge in [0.05, 0.1) is 30.2 Å². The highest BCUT2D eigenvalue weighted by Gasteiger charge is 2.24. The van der Waals surface area contributed by atoms with Crippen molar-refractivity contribution >= 4 is 17.6 Å². The van der Waals surface area contributed by atoms with E-state index in [2.05, 4.69) is 4.98 Å². The highest BCUT2D eigenvalue weighted by Crippen LogP contribution is 2.17. The lowest BCUT2D eigenvalue weighted by Gasteiger charge is -2.25. The first-order valence-corrected chi connectivity index (χ1v) is 7.94. The molecule has 1 atom stereocenters. The van der Waals surface area contributed by atoms with E-state index in [9.17, 15) is 19.7 Å². The van der Waals surface area contributed by atoms with E-state index in [1.54, 1.807) is 31.3 Å². The topological polar surface area (TPSA) is 103 Å². The molecule has 2 aromatic rings. The second kappa shape index (κ2) is 8.70. The van der Waals surface area contributed by atoms with E-state index in [4.69, 9.17) is 4.74 Å². The number of nitro benzene ring substituents is 1. The first-order valence-electron chi connectivity index (χ1n) is 7.94. The number of amides is 1. The predicted molar refractivity (Wildman–Crippen MR) is 93.3 cm³/mol. The summed E-state index contributed by atoms with van der Waals surface area (Å²) in [5, 5.41) is 11.0.